The number of nitrogens with zero attached hydrogens (tertiary/aromatic N) is 2. The van der Waals surface area contributed by atoms with E-state index in [1.807, 2.05) is 0 Å². The lowest BCUT2D eigenvalue weighted by atomic mass is 9.90. The van der Waals surface area contributed by atoms with E-state index in [9.17, 15) is 13.2 Å². The first-order valence-corrected chi connectivity index (χ1v) is 6.19. The molecule has 0 spiro atoms. The molecule has 0 saturated heterocycles. The van der Waals surface area contributed by atoms with Crippen LogP contribution in [0.2, 0.25) is 0 Å². The van der Waals surface area contributed by atoms with Gasteiger partial charge in [-0.3, -0.25) is 4.68 Å². The van der Waals surface area contributed by atoms with E-state index in [1.54, 1.807) is 30.9 Å². The number of halogens is 3. The second kappa shape index (κ2) is 3.50. The summed E-state index contributed by atoms with van der Waals surface area (Å²) < 4.78 is 41.7. The molecule has 0 radical (unpaired) electrons. The fourth-order valence-corrected chi connectivity index (χ4v) is 3.50. The normalized spacial score (nSPS) is 38.8. The van der Waals surface area contributed by atoms with Crippen molar-refractivity contribution in [3.05, 3.63) is 18.0 Å². The summed E-state index contributed by atoms with van der Waals surface area (Å²) in [6.07, 6.45) is -1.87. The van der Waals surface area contributed by atoms with Crippen LogP contribution in [0.3, 0.4) is 0 Å². The molecule has 3 rings (SSSR count). The van der Waals surface area contributed by atoms with Crippen LogP contribution < -0.4 is 5.32 Å². The van der Waals surface area contributed by atoms with Gasteiger partial charge in [0.15, 0.2) is 0 Å². The summed E-state index contributed by atoms with van der Waals surface area (Å²) in [5, 5.41) is 7.18. The molecular weight excluding hydrogens is 243 g/mol. The second-order valence-electron chi connectivity index (χ2n) is 5.44. The Morgan fingerprint density at radius 1 is 1.50 bits per heavy atom. The molecule has 1 aromatic rings. The van der Waals surface area contributed by atoms with Crippen molar-refractivity contribution in [1.82, 2.24) is 15.1 Å². The number of hydrogen-bond donors (Lipinski definition) is 1. The number of aromatic nitrogens is 2. The predicted molar refractivity (Wildman–Crippen MR) is 60.0 cm³/mol. The third-order valence-electron chi connectivity index (χ3n) is 4.65. The highest BCUT2D eigenvalue weighted by Gasteiger charge is 2.73. The summed E-state index contributed by atoms with van der Waals surface area (Å²) in [7, 11) is 1.78. The molecule has 3 unspecified atom stereocenters. The van der Waals surface area contributed by atoms with Gasteiger partial charge in [0.05, 0.1) is 23.2 Å². The van der Waals surface area contributed by atoms with Crippen molar-refractivity contribution in [2.45, 2.75) is 38.0 Å². The summed E-state index contributed by atoms with van der Waals surface area (Å²) >= 11 is 0. The Hall–Kier alpha value is -1.04. The van der Waals surface area contributed by atoms with Gasteiger partial charge in [0, 0.05) is 6.20 Å². The molecule has 6 heteroatoms. The monoisotopic (exact) mass is 259 g/mol. The molecule has 18 heavy (non-hydrogen) atoms. The van der Waals surface area contributed by atoms with Crippen LogP contribution in [0.1, 0.15) is 37.5 Å². The number of nitrogens with one attached hydrogen (secondary N) is 1. The fourth-order valence-electron chi connectivity index (χ4n) is 3.50. The zero-order valence-corrected chi connectivity index (χ0v) is 10.3. The van der Waals surface area contributed by atoms with Crippen LogP contribution >= 0.6 is 0 Å². The Kier molecular flexibility index (Phi) is 2.33. The third kappa shape index (κ3) is 1.32. The molecule has 0 amide bonds. The van der Waals surface area contributed by atoms with Crippen LogP contribution in [0.5, 0.6) is 0 Å². The number of rotatable bonds is 2. The molecule has 0 bridgehead atoms. The quantitative estimate of drug-likeness (QED) is 0.885. The van der Waals surface area contributed by atoms with E-state index in [-0.39, 0.29) is 18.4 Å². The third-order valence-corrected chi connectivity index (χ3v) is 4.65. The van der Waals surface area contributed by atoms with Crippen LogP contribution in [-0.4, -0.2) is 23.0 Å². The van der Waals surface area contributed by atoms with E-state index >= 15 is 0 Å². The maximum absolute atomic E-state index is 13.4. The lowest BCUT2D eigenvalue weighted by Gasteiger charge is -2.27. The van der Waals surface area contributed by atoms with Crippen LogP contribution in [-0.2, 0) is 0 Å². The van der Waals surface area contributed by atoms with Gasteiger partial charge in [-0.05, 0) is 31.9 Å². The number of fused-ring (bicyclic) bond motifs is 1. The van der Waals surface area contributed by atoms with E-state index in [0.717, 1.165) is 5.69 Å². The van der Waals surface area contributed by atoms with Crippen LogP contribution in [0.15, 0.2) is 12.3 Å². The molecule has 2 aliphatic rings. The number of hydrogen-bond acceptors (Lipinski definition) is 2. The van der Waals surface area contributed by atoms with Gasteiger partial charge in [0.2, 0.25) is 0 Å². The van der Waals surface area contributed by atoms with Crippen LogP contribution in [0.25, 0.3) is 0 Å². The van der Waals surface area contributed by atoms with Crippen molar-refractivity contribution >= 4 is 0 Å². The lowest BCUT2D eigenvalue weighted by Crippen LogP contribution is -2.35. The van der Waals surface area contributed by atoms with Crippen molar-refractivity contribution in [2.75, 3.05) is 7.05 Å². The molecule has 1 fully saturated rings. The molecule has 4 atom stereocenters. The van der Waals surface area contributed by atoms with E-state index < -0.39 is 17.6 Å². The second-order valence-corrected chi connectivity index (χ2v) is 5.44. The largest absolute Gasteiger partial charge is 0.396 e. The first kappa shape index (κ1) is 12.0. The van der Waals surface area contributed by atoms with E-state index in [0.29, 0.717) is 6.42 Å². The average molecular weight is 259 g/mol. The highest BCUT2D eigenvalue weighted by molar-refractivity contribution is 5.21. The Labute approximate surface area is 103 Å². The molecule has 1 aliphatic heterocycles. The highest BCUT2D eigenvalue weighted by atomic mass is 19.4. The molecule has 1 N–H and O–H groups in total. The maximum atomic E-state index is 13.4. The summed E-state index contributed by atoms with van der Waals surface area (Å²) in [6, 6.07) is 1.22. The minimum absolute atomic E-state index is 0.0236. The minimum atomic E-state index is -4.15. The van der Waals surface area contributed by atoms with Gasteiger partial charge in [-0.25, -0.2) is 0 Å². The molecular formula is C12H16F3N3. The molecule has 1 aromatic heterocycles. The van der Waals surface area contributed by atoms with Gasteiger partial charge in [-0.1, -0.05) is 6.92 Å². The van der Waals surface area contributed by atoms with Crippen molar-refractivity contribution < 1.29 is 13.2 Å². The molecule has 3 nitrogen and oxygen atoms in total. The van der Waals surface area contributed by atoms with Crippen molar-refractivity contribution in [3.8, 4) is 0 Å². The zero-order valence-electron chi connectivity index (χ0n) is 10.3. The summed E-state index contributed by atoms with van der Waals surface area (Å²) in [5.74, 6) is -0.310. The molecule has 2 heterocycles. The molecule has 0 aromatic carbocycles. The summed E-state index contributed by atoms with van der Waals surface area (Å²) in [4.78, 5) is 0. The van der Waals surface area contributed by atoms with Crippen LogP contribution in [0.4, 0.5) is 13.2 Å². The fraction of sp³-hybridized carbons (Fsp3) is 0.750. The first-order valence-electron chi connectivity index (χ1n) is 6.19. The topological polar surface area (TPSA) is 29.9 Å². The van der Waals surface area contributed by atoms with Crippen molar-refractivity contribution in [1.29, 1.82) is 0 Å². The Bertz CT molecular complexity index is 467. The smallest absolute Gasteiger partial charge is 0.312 e. The summed E-state index contributed by atoms with van der Waals surface area (Å²) in [6.45, 7) is 1.68. The number of alkyl halides is 3. The van der Waals surface area contributed by atoms with Gasteiger partial charge < -0.3 is 5.32 Å². The standard InChI is InChI=1S/C12H16F3N3/c1-7-6-11(7,12(13,14)15)10-5-8(16-2)9-3-4-17-18(9)10/h3-4,7-8,10,16H,5-6H2,1-2H3/t7?,8-,10?,11?/m1/s1. The van der Waals surface area contributed by atoms with Gasteiger partial charge in [0.25, 0.3) is 0 Å². The summed E-state index contributed by atoms with van der Waals surface area (Å²) in [5.41, 5.74) is -0.704. The van der Waals surface area contributed by atoms with Gasteiger partial charge >= 0.3 is 6.18 Å². The maximum Gasteiger partial charge on any atom is 0.396 e. The van der Waals surface area contributed by atoms with Gasteiger partial charge in [-0.2, -0.15) is 18.3 Å². The Balaban J connectivity index is 2.01. The Morgan fingerprint density at radius 3 is 2.67 bits per heavy atom. The predicted octanol–water partition coefficient (Wildman–Crippen LogP) is 2.68. The molecule has 1 aliphatic carbocycles. The minimum Gasteiger partial charge on any atom is -0.312 e. The van der Waals surface area contributed by atoms with Gasteiger partial charge in [-0.15, -0.1) is 0 Å². The van der Waals surface area contributed by atoms with E-state index in [2.05, 4.69) is 10.4 Å². The Morgan fingerprint density at radius 2 is 2.17 bits per heavy atom. The van der Waals surface area contributed by atoms with Gasteiger partial charge in [0.1, 0.15) is 0 Å². The SMILES string of the molecule is CN[C@@H]1CC(C2(C(F)(F)F)CC2C)n2nccc21. The highest BCUT2D eigenvalue weighted by Crippen LogP contribution is 2.70. The van der Waals surface area contributed by atoms with Crippen molar-refractivity contribution in [2.24, 2.45) is 11.3 Å². The molecule has 1 saturated carbocycles. The average Bonchev–Trinajstić information content (AvgIpc) is 2.70. The van der Waals surface area contributed by atoms with E-state index in [4.69, 9.17) is 0 Å². The van der Waals surface area contributed by atoms with Crippen molar-refractivity contribution in [3.63, 3.8) is 0 Å². The first-order chi connectivity index (χ1) is 8.41. The molecule has 100 valence electrons. The van der Waals surface area contributed by atoms with Crippen LogP contribution in [0, 0.1) is 11.3 Å². The lowest BCUT2D eigenvalue weighted by molar-refractivity contribution is -0.205. The zero-order chi connectivity index (χ0) is 13.1. The van der Waals surface area contributed by atoms with E-state index in [1.165, 1.54) is 0 Å².